The van der Waals surface area contributed by atoms with Crippen LogP contribution in [-0.2, 0) is 0 Å². The molecule has 4 heteroatoms. The fourth-order valence-corrected chi connectivity index (χ4v) is 2.40. The van der Waals surface area contributed by atoms with Crippen LogP contribution in [-0.4, -0.2) is 14.0 Å². The summed E-state index contributed by atoms with van der Waals surface area (Å²) < 4.78 is 5.35. The summed E-state index contributed by atoms with van der Waals surface area (Å²) in [4.78, 5) is 0. The van der Waals surface area contributed by atoms with Gasteiger partial charge in [-0.05, 0) is 13.0 Å². The molecule has 0 aliphatic carbocycles. The van der Waals surface area contributed by atoms with Crippen molar-refractivity contribution in [3.8, 4) is 5.75 Å². The molecule has 12 heavy (non-hydrogen) atoms. The number of benzene rings is 1. The van der Waals surface area contributed by atoms with Crippen molar-refractivity contribution in [2.24, 2.45) is 0 Å². The standard InChI is InChI=1S/C8H9Cl2OSi/c1-2-11-7-5-3-4-6-8(7)12(9)10/h3-6H,2H2,1H3. The Hall–Kier alpha value is -0.183. The number of halogens is 2. The molecule has 0 saturated carbocycles. The molecule has 0 aliphatic heterocycles. The second kappa shape index (κ2) is 4.75. The van der Waals surface area contributed by atoms with Gasteiger partial charge < -0.3 is 4.74 Å². The third-order valence-electron chi connectivity index (χ3n) is 1.39. The molecule has 0 unspecified atom stereocenters. The van der Waals surface area contributed by atoms with Gasteiger partial charge in [-0.15, -0.1) is 22.2 Å². The summed E-state index contributed by atoms with van der Waals surface area (Å²) in [6.07, 6.45) is 0. The van der Waals surface area contributed by atoms with Gasteiger partial charge in [0.05, 0.1) is 6.61 Å². The zero-order valence-corrected chi connectivity index (χ0v) is 9.19. The second-order valence-electron chi connectivity index (χ2n) is 2.19. The van der Waals surface area contributed by atoms with Crippen LogP contribution in [0, 0.1) is 0 Å². The summed E-state index contributed by atoms with van der Waals surface area (Å²) in [7, 11) is -1.44. The topological polar surface area (TPSA) is 9.23 Å². The van der Waals surface area contributed by atoms with Gasteiger partial charge in [-0.3, -0.25) is 0 Å². The van der Waals surface area contributed by atoms with Gasteiger partial charge in [0, 0.05) is 5.19 Å². The maximum absolute atomic E-state index is 5.83. The Labute approximate surface area is 83.3 Å². The lowest BCUT2D eigenvalue weighted by molar-refractivity contribution is 0.343. The minimum Gasteiger partial charge on any atom is -0.494 e. The van der Waals surface area contributed by atoms with Crippen molar-refractivity contribution >= 4 is 34.8 Å². The van der Waals surface area contributed by atoms with E-state index in [1.807, 2.05) is 31.2 Å². The van der Waals surface area contributed by atoms with Crippen LogP contribution in [0.2, 0.25) is 0 Å². The molecule has 0 aliphatic rings. The maximum Gasteiger partial charge on any atom is 0.310 e. The molecule has 0 N–H and O–H groups in total. The third kappa shape index (κ3) is 2.40. The van der Waals surface area contributed by atoms with E-state index in [2.05, 4.69) is 0 Å². The number of hydrogen-bond acceptors (Lipinski definition) is 1. The highest BCUT2D eigenvalue weighted by Gasteiger charge is 2.12. The summed E-state index contributed by atoms with van der Waals surface area (Å²) >= 11 is 11.7. The number of ether oxygens (including phenoxy) is 1. The normalized spacial score (nSPS) is 10.3. The molecule has 1 radical (unpaired) electrons. The Morgan fingerprint density at radius 1 is 1.33 bits per heavy atom. The Balaban J connectivity index is 2.92. The molecule has 1 aromatic rings. The van der Waals surface area contributed by atoms with Crippen LogP contribution < -0.4 is 9.92 Å². The highest BCUT2D eigenvalue weighted by molar-refractivity contribution is 7.39. The van der Waals surface area contributed by atoms with Gasteiger partial charge in [-0.1, -0.05) is 18.2 Å². The van der Waals surface area contributed by atoms with Crippen molar-refractivity contribution in [3.63, 3.8) is 0 Å². The first-order valence-corrected chi connectivity index (χ1v) is 7.18. The van der Waals surface area contributed by atoms with E-state index in [0.717, 1.165) is 10.9 Å². The van der Waals surface area contributed by atoms with E-state index < -0.39 is 7.42 Å². The van der Waals surface area contributed by atoms with Crippen LogP contribution >= 0.6 is 22.2 Å². The van der Waals surface area contributed by atoms with Gasteiger partial charge in [0.1, 0.15) is 5.75 Å². The first kappa shape index (κ1) is 9.90. The molecule has 1 rings (SSSR count). The van der Waals surface area contributed by atoms with Crippen LogP contribution in [0.1, 0.15) is 6.92 Å². The molecule has 1 aromatic carbocycles. The molecule has 0 spiro atoms. The van der Waals surface area contributed by atoms with E-state index >= 15 is 0 Å². The highest BCUT2D eigenvalue weighted by Crippen LogP contribution is 2.11. The summed E-state index contributed by atoms with van der Waals surface area (Å²) in [6.45, 7) is 2.57. The highest BCUT2D eigenvalue weighted by atomic mass is 35.7. The Morgan fingerprint density at radius 2 is 2.00 bits per heavy atom. The van der Waals surface area contributed by atoms with Crippen LogP contribution in [0.4, 0.5) is 0 Å². The van der Waals surface area contributed by atoms with E-state index in [4.69, 9.17) is 26.9 Å². The smallest absolute Gasteiger partial charge is 0.310 e. The minimum absolute atomic E-state index is 0.639. The first-order chi connectivity index (χ1) is 5.75. The molecule has 0 aromatic heterocycles. The minimum atomic E-state index is -1.44. The molecule has 0 bridgehead atoms. The molecule has 0 amide bonds. The average Bonchev–Trinajstić information content (AvgIpc) is 2.05. The fraction of sp³-hybridized carbons (Fsp3) is 0.250. The lowest BCUT2D eigenvalue weighted by Crippen LogP contribution is -2.20. The average molecular weight is 220 g/mol. The van der Waals surface area contributed by atoms with Gasteiger partial charge >= 0.3 is 7.42 Å². The molecule has 0 heterocycles. The Bertz CT molecular complexity index is 253. The van der Waals surface area contributed by atoms with Gasteiger partial charge in [0.2, 0.25) is 0 Å². The van der Waals surface area contributed by atoms with E-state index in [1.54, 1.807) is 0 Å². The fourth-order valence-electron chi connectivity index (χ4n) is 0.904. The summed E-state index contributed by atoms with van der Waals surface area (Å²) in [5.74, 6) is 0.805. The van der Waals surface area contributed by atoms with Gasteiger partial charge in [-0.25, -0.2) is 0 Å². The van der Waals surface area contributed by atoms with E-state index in [0.29, 0.717) is 6.61 Å². The molecule has 0 saturated heterocycles. The Morgan fingerprint density at radius 3 is 2.58 bits per heavy atom. The first-order valence-electron chi connectivity index (χ1n) is 3.66. The number of hydrogen-bond donors (Lipinski definition) is 0. The van der Waals surface area contributed by atoms with E-state index in [-0.39, 0.29) is 0 Å². The van der Waals surface area contributed by atoms with E-state index in [9.17, 15) is 0 Å². The largest absolute Gasteiger partial charge is 0.494 e. The zero-order valence-electron chi connectivity index (χ0n) is 6.68. The van der Waals surface area contributed by atoms with Crippen molar-refractivity contribution in [1.82, 2.24) is 0 Å². The van der Waals surface area contributed by atoms with Gasteiger partial charge in [0.15, 0.2) is 0 Å². The lowest BCUT2D eigenvalue weighted by atomic mass is 10.3. The lowest BCUT2D eigenvalue weighted by Gasteiger charge is -2.08. The predicted molar refractivity (Wildman–Crippen MR) is 54.7 cm³/mol. The maximum atomic E-state index is 5.83. The van der Waals surface area contributed by atoms with Crippen LogP contribution in [0.3, 0.4) is 0 Å². The van der Waals surface area contributed by atoms with Crippen molar-refractivity contribution < 1.29 is 4.74 Å². The van der Waals surface area contributed by atoms with Gasteiger partial charge in [0.25, 0.3) is 0 Å². The van der Waals surface area contributed by atoms with E-state index in [1.165, 1.54) is 0 Å². The molecule has 1 nitrogen and oxygen atoms in total. The van der Waals surface area contributed by atoms with Crippen LogP contribution in [0.5, 0.6) is 5.75 Å². The number of rotatable bonds is 3. The van der Waals surface area contributed by atoms with Crippen molar-refractivity contribution in [2.75, 3.05) is 6.61 Å². The molecular weight excluding hydrogens is 211 g/mol. The third-order valence-corrected chi connectivity index (χ3v) is 3.43. The van der Waals surface area contributed by atoms with Gasteiger partial charge in [-0.2, -0.15) is 0 Å². The van der Waals surface area contributed by atoms with Crippen molar-refractivity contribution in [3.05, 3.63) is 24.3 Å². The number of para-hydroxylation sites is 1. The molecular formula is C8H9Cl2OSi. The quantitative estimate of drug-likeness (QED) is 0.560. The molecule has 0 atom stereocenters. The van der Waals surface area contributed by atoms with Crippen molar-refractivity contribution in [1.29, 1.82) is 0 Å². The molecule has 0 fully saturated rings. The summed E-state index contributed by atoms with van der Waals surface area (Å²) in [5.41, 5.74) is 0. The van der Waals surface area contributed by atoms with Crippen molar-refractivity contribution in [2.45, 2.75) is 6.92 Å². The second-order valence-corrected chi connectivity index (χ2v) is 6.10. The predicted octanol–water partition coefficient (Wildman–Crippen LogP) is 2.26. The Kier molecular flexibility index (Phi) is 3.92. The summed E-state index contributed by atoms with van der Waals surface area (Å²) in [6, 6.07) is 7.61. The monoisotopic (exact) mass is 219 g/mol. The molecule has 65 valence electrons. The van der Waals surface area contributed by atoms with Crippen LogP contribution in [0.25, 0.3) is 0 Å². The summed E-state index contributed by atoms with van der Waals surface area (Å²) in [5, 5.41) is 0.924. The van der Waals surface area contributed by atoms with Crippen LogP contribution in [0.15, 0.2) is 24.3 Å². The zero-order chi connectivity index (χ0) is 8.97. The SMILES string of the molecule is CCOc1ccccc1[Si](Cl)Cl.